The summed E-state index contributed by atoms with van der Waals surface area (Å²) in [7, 11) is 4.64. The van der Waals surface area contributed by atoms with E-state index in [0.717, 1.165) is 16.3 Å². The van der Waals surface area contributed by atoms with Crippen molar-refractivity contribution >= 4 is 23.0 Å². The Morgan fingerprint density at radius 3 is 2.32 bits per heavy atom. The van der Waals surface area contributed by atoms with Crippen molar-refractivity contribution in [2.75, 3.05) is 21.3 Å². The van der Waals surface area contributed by atoms with Crippen molar-refractivity contribution in [1.29, 1.82) is 0 Å². The minimum atomic E-state index is -0.225. The summed E-state index contributed by atoms with van der Waals surface area (Å²) < 4.78 is 15.9. The summed E-state index contributed by atoms with van der Waals surface area (Å²) in [5.41, 5.74) is 4.64. The average molecular weight is 363 g/mol. The lowest BCUT2D eigenvalue weighted by atomic mass is 10.1. The number of benzene rings is 1. The number of thiazole rings is 1. The second-order valence-electron chi connectivity index (χ2n) is 5.18. The molecule has 0 bridgehead atoms. The highest BCUT2D eigenvalue weighted by atomic mass is 32.1. The van der Waals surface area contributed by atoms with Crippen molar-refractivity contribution in [1.82, 2.24) is 10.4 Å². The molecule has 7 nitrogen and oxygen atoms in total. The van der Waals surface area contributed by atoms with Gasteiger partial charge >= 0.3 is 0 Å². The van der Waals surface area contributed by atoms with Crippen LogP contribution in [0, 0.1) is 6.92 Å². The summed E-state index contributed by atoms with van der Waals surface area (Å²) in [6.45, 7) is 3.69. The van der Waals surface area contributed by atoms with Crippen LogP contribution in [0.1, 0.15) is 23.2 Å². The minimum Gasteiger partial charge on any atom is -0.493 e. The maximum atomic E-state index is 12.0. The molecule has 0 fully saturated rings. The van der Waals surface area contributed by atoms with Crippen molar-refractivity contribution in [3.63, 3.8) is 0 Å². The van der Waals surface area contributed by atoms with E-state index in [0.29, 0.717) is 23.0 Å². The van der Waals surface area contributed by atoms with Crippen LogP contribution in [0.5, 0.6) is 17.2 Å². The van der Waals surface area contributed by atoms with E-state index in [1.165, 1.54) is 11.3 Å². The molecular formula is C17H21N3O4S. The Morgan fingerprint density at radius 1 is 1.20 bits per heavy atom. The number of hydrogen-bond acceptors (Lipinski definition) is 7. The molecule has 2 aromatic rings. The van der Waals surface area contributed by atoms with Crippen molar-refractivity contribution in [3.05, 3.63) is 33.8 Å². The van der Waals surface area contributed by atoms with Gasteiger partial charge in [0.25, 0.3) is 0 Å². The molecule has 0 saturated carbocycles. The van der Waals surface area contributed by atoms with Gasteiger partial charge in [-0.25, -0.2) is 10.4 Å². The van der Waals surface area contributed by atoms with Crippen molar-refractivity contribution < 1.29 is 19.0 Å². The molecule has 0 atom stereocenters. The third-order valence-corrected chi connectivity index (χ3v) is 4.26. The van der Waals surface area contributed by atoms with Crippen LogP contribution < -0.4 is 19.6 Å². The molecule has 0 saturated heterocycles. The molecule has 1 amide bonds. The van der Waals surface area contributed by atoms with Crippen LogP contribution >= 0.6 is 11.3 Å². The topological polar surface area (TPSA) is 82.0 Å². The van der Waals surface area contributed by atoms with Gasteiger partial charge in [-0.1, -0.05) is 0 Å². The lowest BCUT2D eigenvalue weighted by Gasteiger charge is -2.14. The molecule has 0 spiro atoms. The first-order valence-electron chi connectivity index (χ1n) is 7.53. The van der Waals surface area contributed by atoms with E-state index in [1.807, 2.05) is 12.3 Å². The zero-order chi connectivity index (χ0) is 18.4. The van der Waals surface area contributed by atoms with E-state index >= 15 is 0 Å². The largest absolute Gasteiger partial charge is 0.493 e. The molecule has 1 aromatic heterocycles. The van der Waals surface area contributed by atoms with Gasteiger partial charge in [-0.05, 0) is 26.0 Å². The zero-order valence-electron chi connectivity index (χ0n) is 14.9. The maximum absolute atomic E-state index is 12.0. The first kappa shape index (κ1) is 18.7. The number of rotatable bonds is 7. The van der Waals surface area contributed by atoms with Gasteiger partial charge in [0.05, 0.1) is 44.2 Å². The quantitative estimate of drug-likeness (QED) is 0.604. The number of amides is 1. The molecule has 1 N–H and O–H groups in total. The van der Waals surface area contributed by atoms with Gasteiger partial charge in [-0.15, -0.1) is 11.3 Å². The molecule has 1 aromatic carbocycles. The van der Waals surface area contributed by atoms with E-state index in [1.54, 1.807) is 40.4 Å². The normalized spacial score (nSPS) is 11.2. The Labute approximate surface area is 150 Å². The number of aromatic nitrogens is 1. The van der Waals surface area contributed by atoms with Crippen molar-refractivity contribution in [2.45, 2.75) is 20.3 Å². The highest BCUT2D eigenvalue weighted by Crippen LogP contribution is 2.38. The van der Waals surface area contributed by atoms with E-state index in [-0.39, 0.29) is 12.3 Å². The first-order valence-corrected chi connectivity index (χ1v) is 8.41. The summed E-state index contributed by atoms with van der Waals surface area (Å²) >= 11 is 1.51. The van der Waals surface area contributed by atoms with Crippen LogP contribution in [0.25, 0.3) is 0 Å². The number of hydrogen-bond donors (Lipinski definition) is 1. The number of methoxy groups -OCH3 is 3. The number of ether oxygens (including phenoxy) is 3. The Hall–Kier alpha value is -2.61. The molecule has 0 aliphatic rings. The van der Waals surface area contributed by atoms with Gasteiger partial charge in [0.15, 0.2) is 11.5 Å². The molecule has 8 heteroatoms. The Kier molecular flexibility index (Phi) is 6.35. The minimum absolute atomic E-state index is 0.191. The number of carbonyl (C=O) groups excluding carboxylic acids is 1. The summed E-state index contributed by atoms with van der Waals surface area (Å²) in [5.74, 6) is 1.33. The molecule has 0 aliphatic heterocycles. The summed E-state index contributed by atoms with van der Waals surface area (Å²) in [4.78, 5) is 16.2. The molecule has 0 aliphatic carbocycles. The SMILES string of the molecule is COc1cc(C(C)=NNC(=O)Cc2csc(C)n2)cc(OC)c1OC. The summed E-state index contributed by atoms with van der Waals surface area (Å²) in [5, 5.41) is 6.94. The second kappa shape index (κ2) is 8.48. The lowest BCUT2D eigenvalue weighted by molar-refractivity contribution is -0.120. The molecule has 1 heterocycles. The number of nitrogens with zero attached hydrogens (tertiary/aromatic N) is 2. The van der Waals surface area contributed by atoms with Crippen LogP contribution in [-0.2, 0) is 11.2 Å². The zero-order valence-corrected chi connectivity index (χ0v) is 15.7. The fourth-order valence-corrected chi connectivity index (χ4v) is 2.81. The standard InChI is InChI=1S/C17H21N3O4S/c1-10(19-20-16(21)8-13-9-25-11(2)18-13)12-6-14(22-3)17(24-5)15(7-12)23-4/h6-7,9H,8H2,1-5H3,(H,20,21). The second-order valence-corrected chi connectivity index (χ2v) is 6.24. The molecule has 25 heavy (non-hydrogen) atoms. The van der Waals surface area contributed by atoms with Crippen LogP contribution in [-0.4, -0.2) is 37.9 Å². The molecule has 0 radical (unpaired) electrons. The fraction of sp³-hybridized carbons (Fsp3) is 0.353. The van der Waals surface area contributed by atoms with Gasteiger partial charge in [0, 0.05) is 10.9 Å². The number of nitrogens with one attached hydrogen (secondary N) is 1. The molecule has 2 rings (SSSR count). The Balaban J connectivity index is 2.14. The first-order chi connectivity index (χ1) is 12.0. The summed E-state index contributed by atoms with van der Waals surface area (Å²) in [6.07, 6.45) is 0.191. The van der Waals surface area contributed by atoms with Crippen LogP contribution in [0.4, 0.5) is 0 Å². The summed E-state index contributed by atoms with van der Waals surface area (Å²) in [6, 6.07) is 3.55. The van der Waals surface area contributed by atoms with Crippen molar-refractivity contribution in [2.24, 2.45) is 5.10 Å². The van der Waals surface area contributed by atoms with Gasteiger partial charge < -0.3 is 14.2 Å². The third kappa shape index (κ3) is 4.69. The predicted octanol–water partition coefficient (Wildman–Crippen LogP) is 2.56. The van der Waals surface area contributed by atoms with Crippen LogP contribution in [0.15, 0.2) is 22.6 Å². The highest BCUT2D eigenvalue weighted by Gasteiger charge is 2.14. The van der Waals surface area contributed by atoms with Crippen molar-refractivity contribution in [3.8, 4) is 17.2 Å². The smallest absolute Gasteiger partial charge is 0.246 e. The maximum Gasteiger partial charge on any atom is 0.246 e. The number of aryl methyl sites for hydroxylation is 1. The number of carbonyl (C=O) groups is 1. The van der Waals surface area contributed by atoms with Gasteiger partial charge in [0.1, 0.15) is 0 Å². The van der Waals surface area contributed by atoms with Gasteiger partial charge in [-0.3, -0.25) is 4.79 Å². The number of hydrazone groups is 1. The van der Waals surface area contributed by atoms with Gasteiger partial charge in [0.2, 0.25) is 11.7 Å². The highest BCUT2D eigenvalue weighted by molar-refractivity contribution is 7.09. The Bertz CT molecular complexity index is 761. The van der Waals surface area contributed by atoms with Crippen LogP contribution in [0.2, 0.25) is 0 Å². The molecular weight excluding hydrogens is 342 g/mol. The van der Waals surface area contributed by atoms with Gasteiger partial charge in [-0.2, -0.15) is 5.10 Å². The van der Waals surface area contributed by atoms with E-state index in [2.05, 4.69) is 15.5 Å². The monoisotopic (exact) mass is 363 g/mol. The van der Waals surface area contributed by atoms with E-state index in [4.69, 9.17) is 14.2 Å². The molecule has 134 valence electrons. The predicted molar refractivity (Wildman–Crippen MR) is 97.0 cm³/mol. The Morgan fingerprint density at radius 2 is 1.84 bits per heavy atom. The van der Waals surface area contributed by atoms with E-state index in [9.17, 15) is 4.79 Å². The van der Waals surface area contributed by atoms with E-state index < -0.39 is 0 Å². The lowest BCUT2D eigenvalue weighted by Crippen LogP contribution is -2.21. The van der Waals surface area contributed by atoms with Crippen LogP contribution in [0.3, 0.4) is 0 Å². The fourth-order valence-electron chi connectivity index (χ4n) is 2.19. The third-order valence-electron chi connectivity index (χ3n) is 3.44. The average Bonchev–Trinajstić information content (AvgIpc) is 3.02. The molecule has 0 unspecified atom stereocenters.